The second-order valence-electron chi connectivity index (χ2n) is 3.96. The molecule has 84 valence electrons. The third kappa shape index (κ3) is 1.69. The van der Waals surface area contributed by atoms with Crippen molar-refractivity contribution in [3.05, 3.63) is 35.0 Å². The molecule has 0 fully saturated rings. The predicted molar refractivity (Wildman–Crippen MR) is 65.7 cm³/mol. The molecule has 0 amide bonds. The van der Waals surface area contributed by atoms with Gasteiger partial charge in [-0.3, -0.25) is 0 Å². The van der Waals surface area contributed by atoms with Gasteiger partial charge in [0.15, 0.2) is 5.76 Å². The van der Waals surface area contributed by atoms with Gasteiger partial charge in [-0.25, -0.2) is 4.98 Å². The molecule has 2 rings (SSSR count). The quantitative estimate of drug-likeness (QED) is 0.837. The Kier molecular flexibility index (Phi) is 2.69. The minimum Gasteiger partial charge on any atom is -0.424 e. The van der Waals surface area contributed by atoms with Gasteiger partial charge >= 0.3 is 0 Å². The number of aromatic nitrogens is 1. The van der Waals surface area contributed by atoms with Crippen molar-refractivity contribution < 1.29 is 4.42 Å². The summed E-state index contributed by atoms with van der Waals surface area (Å²) in [5.41, 5.74) is 4.96. The second-order valence-corrected chi connectivity index (χ2v) is 3.96. The molecule has 1 heterocycles. The maximum atomic E-state index is 5.57. The van der Waals surface area contributed by atoms with Crippen LogP contribution in [-0.2, 0) is 0 Å². The smallest absolute Gasteiger partial charge is 0.294 e. The molecule has 0 aliphatic rings. The summed E-state index contributed by atoms with van der Waals surface area (Å²) in [6.45, 7) is 6.36. The Bertz CT molecular complexity index is 515. The molecule has 0 spiro atoms. The molecule has 0 unspecified atom stereocenters. The van der Waals surface area contributed by atoms with E-state index in [2.05, 4.69) is 43.2 Å². The molecule has 0 radical (unpaired) electrons. The first-order valence-corrected chi connectivity index (χ1v) is 5.34. The van der Waals surface area contributed by atoms with E-state index in [0.717, 1.165) is 11.3 Å². The van der Waals surface area contributed by atoms with Crippen LogP contribution >= 0.6 is 0 Å². The van der Waals surface area contributed by atoms with Crippen molar-refractivity contribution in [2.75, 3.05) is 12.4 Å². The summed E-state index contributed by atoms with van der Waals surface area (Å²) in [4.78, 5) is 4.13. The Morgan fingerprint density at radius 2 is 1.88 bits per heavy atom. The van der Waals surface area contributed by atoms with E-state index in [9.17, 15) is 0 Å². The molecule has 1 N–H and O–H groups in total. The van der Waals surface area contributed by atoms with E-state index in [1.807, 2.05) is 0 Å². The van der Waals surface area contributed by atoms with Gasteiger partial charge in [-0.2, -0.15) is 0 Å². The number of hydrogen-bond donors (Lipinski definition) is 1. The Labute approximate surface area is 95.5 Å². The average molecular weight is 216 g/mol. The Morgan fingerprint density at radius 3 is 2.50 bits per heavy atom. The van der Waals surface area contributed by atoms with E-state index in [4.69, 9.17) is 4.42 Å². The first-order valence-electron chi connectivity index (χ1n) is 5.34. The number of nitrogens with zero attached hydrogens (tertiary/aromatic N) is 1. The maximum absolute atomic E-state index is 5.57. The molecular weight excluding hydrogens is 200 g/mol. The largest absolute Gasteiger partial charge is 0.424 e. The topological polar surface area (TPSA) is 38.1 Å². The van der Waals surface area contributed by atoms with Crippen LogP contribution in [-0.4, -0.2) is 12.0 Å². The summed E-state index contributed by atoms with van der Waals surface area (Å²) in [5.74, 6) is 0.810. The van der Waals surface area contributed by atoms with E-state index in [-0.39, 0.29) is 0 Å². The average Bonchev–Trinajstić information content (AvgIpc) is 2.74. The van der Waals surface area contributed by atoms with Gasteiger partial charge < -0.3 is 9.73 Å². The van der Waals surface area contributed by atoms with E-state index in [0.29, 0.717) is 6.01 Å². The summed E-state index contributed by atoms with van der Waals surface area (Å²) in [6, 6.07) is 4.74. The lowest BCUT2D eigenvalue weighted by Gasteiger charge is -2.08. The van der Waals surface area contributed by atoms with Crippen molar-refractivity contribution in [2.45, 2.75) is 20.8 Å². The van der Waals surface area contributed by atoms with Crippen LogP contribution in [0.5, 0.6) is 0 Å². The third-order valence-electron chi connectivity index (χ3n) is 3.04. The van der Waals surface area contributed by atoms with Gasteiger partial charge in [0.05, 0.1) is 6.20 Å². The monoisotopic (exact) mass is 216 g/mol. The maximum Gasteiger partial charge on any atom is 0.294 e. The van der Waals surface area contributed by atoms with Crippen LogP contribution in [0.3, 0.4) is 0 Å². The van der Waals surface area contributed by atoms with Crippen molar-refractivity contribution in [3.8, 4) is 11.3 Å². The minimum atomic E-state index is 0.549. The highest BCUT2D eigenvalue weighted by Gasteiger charge is 2.10. The minimum absolute atomic E-state index is 0.549. The lowest BCUT2D eigenvalue weighted by molar-refractivity contribution is 0.589. The van der Waals surface area contributed by atoms with Crippen molar-refractivity contribution in [1.29, 1.82) is 0 Å². The molecule has 0 saturated carbocycles. The second kappa shape index (κ2) is 4.00. The SMILES string of the molecule is CNc1ncc(-c2ccc(C)c(C)c2C)o1. The van der Waals surface area contributed by atoms with Crippen LogP contribution in [0.4, 0.5) is 6.01 Å². The first kappa shape index (κ1) is 10.7. The van der Waals surface area contributed by atoms with Crippen LogP contribution in [0.15, 0.2) is 22.7 Å². The van der Waals surface area contributed by atoms with E-state index in [1.54, 1.807) is 13.2 Å². The molecule has 0 saturated heterocycles. The highest BCUT2D eigenvalue weighted by atomic mass is 16.4. The van der Waals surface area contributed by atoms with Gasteiger partial charge in [0.2, 0.25) is 0 Å². The molecule has 3 nitrogen and oxygen atoms in total. The van der Waals surface area contributed by atoms with Crippen LogP contribution in [0.25, 0.3) is 11.3 Å². The summed E-state index contributed by atoms with van der Waals surface area (Å²) < 4.78 is 5.57. The fourth-order valence-electron chi connectivity index (χ4n) is 1.74. The Morgan fingerprint density at radius 1 is 1.12 bits per heavy atom. The Balaban J connectivity index is 2.52. The van der Waals surface area contributed by atoms with Crippen LogP contribution in [0.2, 0.25) is 0 Å². The lowest BCUT2D eigenvalue weighted by Crippen LogP contribution is -1.89. The first-order chi connectivity index (χ1) is 7.63. The fourth-order valence-corrected chi connectivity index (χ4v) is 1.74. The van der Waals surface area contributed by atoms with Crippen LogP contribution < -0.4 is 5.32 Å². The lowest BCUT2D eigenvalue weighted by atomic mass is 9.98. The summed E-state index contributed by atoms with van der Waals surface area (Å²) in [6.07, 6.45) is 1.75. The predicted octanol–water partition coefficient (Wildman–Crippen LogP) is 3.31. The zero-order valence-corrected chi connectivity index (χ0v) is 10.1. The molecule has 16 heavy (non-hydrogen) atoms. The molecule has 2 aromatic rings. The number of aryl methyl sites for hydroxylation is 1. The van der Waals surface area contributed by atoms with Gasteiger partial charge in [0.25, 0.3) is 6.01 Å². The van der Waals surface area contributed by atoms with E-state index in [1.165, 1.54) is 16.7 Å². The van der Waals surface area contributed by atoms with Crippen LogP contribution in [0, 0.1) is 20.8 Å². The molecule has 0 bridgehead atoms. The van der Waals surface area contributed by atoms with Gasteiger partial charge in [-0.1, -0.05) is 12.1 Å². The third-order valence-corrected chi connectivity index (χ3v) is 3.04. The zero-order valence-electron chi connectivity index (χ0n) is 10.1. The highest BCUT2D eigenvalue weighted by Crippen LogP contribution is 2.28. The Hall–Kier alpha value is -1.77. The fraction of sp³-hybridized carbons (Fsp3) is 0.308. The van der Waals surface area contributed by atoms with Crippen LogP contribution in [0.1, 0.15) is 16.7 Å². The van der Waals surface area contributed by atoms with Gasteiger partial charge in [0.1, 0.15) is 0 Å². The van der Waals surface area contributed by atoms with Crippen molar-refractivity contribution in [3.63, 3.8) is 0 Å². The number of benzene rings is 1. The molecule has 1 aromatic heterocycles. The van der Waals surface area contributed by atoms with Crippen molar-refractivity contribution >= 4 is 6.01 Å². The van der Waals surface area contributed by atoms with Crippen molar-refractivity contribution in [1.82, 2.24) is 4.98 Å². The molecule has 0 aliphatic heterocycles. The molecule has 3 heteroatoms. The van der Waals surface area contributed by atoms with Gasteiger partial charge in [0, 0.05) is 12.6 Å². The normalized spacial score (nSPS) is 10.5. The zero-order chi connectivity index (χ0) is 11.7. The molecular formula is C13H16N2O. The summed E-state index contributed by atoms with van der Waals surface area (Å²) >= 11 is 0. The standard InChI is InChI=1S/C13H16N2O/c1-8-5-6-11(10(3)9(8)2)12-7-15-13(14-4)16-12/h5-7H,1-4H3,(H,14,15). The van der Waals surface area contributed by atoms with Gasteiger partial charge in [-0.05, 0) is 37.5 Å². The number of rotatable bonds is 2. The molecule has 0 atom stereocenters. The summed E-state index contributed by atoms with van der Waals surface area (Å²) in [7, 11) is 1.79. The van der Waals surface area contributed by atoms with Crippen molar-refractivity contribution in [2.24, 2.45) is 0 Å². The molecule has 0 aliphatic carbocycles. The molecule has 1 aromatic carbocycles. The van der Waals surface area contributed by atoms with E-state index >= 15 is 0 Å². The van der Waals surface area contributed by atoms with E-state index < -0.39 is 0 Å². The van der Waals surface area contributed by atoms with Gasteiger partial charge in [-0.15, -0.1) is 0 Å². The number of anilines is 1. The summed E-state index contributed by atoms with van der Waals surface area (Å²) in [5, 5.41) is 2.88. The number of nitrogens with one attached hydrogen (secondary N) is 1. The number of hydrogen-bond acceptors (Lipinski definition) is 3. The number of oxazole rings is 1. The highest BCUT2D eigenvalue weighted by molar-refractivity contribution is 5.64.